The molecule has 2 heterocycles. The van der Waals surface area contributed by atoms with Gasteiger partial charge in [-0.25, -0.2) is 4.98 Å². The summed E-state index contributed by atoms with van der Waals surface area (Å²) in [6, 6.07) is 18.1. The van der Waals surface area contributed by atoms with Crippen molar-refractivity contribution in [2.24, 2.45) is 0 Å². The minimum absolute atomic E-state index is 0.0507. The first kappa shape index (κ1) is 20.0. The van der Waals surface area contributed by atoms with Crippen LogP contribution in [0, 0.1) is 6.92 Å². The lowest BCUT2D eigenvalue weighted by Gasteiger charge is -2.07. The minimum atomic E-state index is -0.240. The molecule has 1 N–H and O–H groups in total. The number of nitrogens with one attached hydrogen (secondary N) is 1. The third-order valence-corrected chi connectivity index (χ3v) is 5.72. The molecule has 0 saturated carbocycles. The van der Waals surface area contributed by atoms with Crippen LogP contribution in [0.25, 0.3) is 21.5 Å². The summed E-state index contributed by atoms with van der Waals surface area (Å²) in [4.78, 5) is 29.5. The smallest absolute Gasteiger partial charge is 0.273 e. The first-order valence-corrected chi connectivity index (χ1v) is 10.6. The van der Waals surface area contributed by atoms with Crippen LogP contribution in [0.3, 0.4) is 0 Å². The van der Waals surface area contributed by atoms with Crippen LogP contribution in [0.5, 0.6) is 0 Å². The Morgan fingerprint density at radius 3 is 2.63 bits per heavy atom. The molecule has 6 nitrogen and oxygen atoms in total. The predicted molar refractivity (Wildman–Crippen MR) is 120 cm³/mol. The number of rotatable bonds is 7. The van der Waals surface area contributed by atoms with Crippen molar-refractivity contribution in [1.29, 1.82) is 0 Å². The van der Waals surface area contributed by atoms with Crippen LogP contribution in [-0.4, -0.2) is 26.4 Å². The number of fused-ring (bicyclic) bond motifs is 1. The molecular weight excluding hydrogens is 396 g/mol. The number of nitrogens with zero attached hydrogens (tertiary/aromatic N) is 3. The number of benzene rings is 2. The van der Waals surface area contributed by atoms with Gasteiger partial charge in [-0.2, -0.15) is 4.37 Å². The van der Waals surface area contributed by atoms with E-state index in [1.807, 2.05) is 49.4 Å². The van der Waals surface area contributed by atoms with E-state index in [0.29, 0.717) is 22.5 Å². The van der Waals surface area contributed by atoms with Gasteiger partial charge in [-0.3, -0.25) is 14.2 Å². The van der Waals surface area contributed by atoms with Crippen LogP contribution in [0.15, 0.2) is 65.7 Å². The number of hydrogen-bond donors (Lipinski definition) is 1. The summed E-state index contributed by atoms with van der Waals surface area (Å²) in [5.41, 5.74) is 4.36. The van der Waals surface area contributed by atoms with Crippen molar-refractivity contribution in [2.45, 2.75) is 26.3 Å². The van der Waals surface area contributed by atoms with E-state index in [0.717, 1.165) is 35.5 Å². The molecule has 0 spiro atoms. The molecule has 0 saturated heterocycles. The molecule has 152 valence electrons. The van der Waals surface area contributed by atoms with Crippen LogP contribution in [0.1, 0.15) is 17.5 Å². The van der Waals surface area contributed by atoms with Crippen LogP contribution >= 0.6 is 11.5 Å². The molecule has 0 aliphatic heterocycles. The van der Waals surface area contributed by atoms with Crippen molar-refractivity contribution in [2.75, 3.05) is 6.54 Å². The maximum absolute atomic E-state index is 12.8. The highest BCUT2D eigenvalue weighted by atomic mass is 32.1. The number of hydrogen-bond acceptors (Lipinski definition) is 5. The van der Waals surface area contributed by atoms with Crippen molar-refractivity contribution >= 4 is 27.7 Å². The van der Waals surface area contributed by atoms with Gasteiger partial charge in [-0.1, -0.05) is 60.2 Å². The normalized spacial score (nSPS) is 11.0. The van der Waals surface area contributed by atoms with E-state index in [1.165, 1.54) is 16.5 Å². The predicted octanol–water partition coefficient (Wildman–Crippen LogP) is 3.58. The Balaban J connectivity index is 1.41. The zero-order chi connectivity index (χ0) is 20.9. The lowest BCUT2D eigenvalue weighted by Crippen LogP contribution is -2.32. The Labute approximate surface area is 178 Å². The highest BCUT2D eigenvalue weighted by Crippen LogP contribution is 2.27. The third kappa shape index (κ3) is 4.46. The summed E-state index contributed by atoms with van der Waals surface area (Å²) < 4.78 is 6.23. The maximum Gasteiger partial charge on any atom is 0.273 e. The molecule has 7 heteroatoms. The summed E-state index contributed by atoms with van der Waals surface area (Å²) in [7, 11) is 0. The average Bonchev–Trinajstić information content (AvgIpc) is 3.19. The monoisotopic (exact) mass is 418 g/mol. The summed E-state index contributed by atoms with van der Waals surface area (Å²) in [5, 5.41) is 2.87. The molecule has 2 aromatic heterocycles. The van der Waals surface area contributed by atoms with Gasteiger partial charge in [0.05, 0.1) is 6.33 Å². The third-order valence-electron chi connectivity index (χ3n) is 4.90. The Bertz CT molecular complexity index is 1210. The van der Waals surface area contributed by atoms with Gasteiger partial charge < -0.3 is 5.32 Å². The number of aryl methyl sites for hydroxylation is 2. The van der Waals surface area contributed by atoms with Gasteiger partial charge in [0.15, 0.2) is 0 Å². The number of carbonyl (C=O) groups excluding carboxylic acids is 1. The largest absolute Gasteiger partial charge is 0.355 e. The molecule has 30 heavy (non-hydrogen) atoms. The van der Waals surface area contributed by atoms with Gasteiger partial charge in [0, 0.05) is 12.1 Å². The zero-order valence-electron chi connectivity index (χ0n) is 16.7. The molecular formula is C23H22N4O2S. The van der Waals surface area contributed by atoms with Crippen molar-refractivity contribution in [3.05, 3.63) is 82.4 Å². The fraction of sp³-hybridized carbons (Fsp3) is 0.217. The number of aromatic nitrogens is 3. The first-order valence-electron chi connectivity index (χ1n) is 9.84. The van der Waals surface area contributed by atoms with Gasteiger partial charge in [0.2, 0.25) is 5.91 Å². The van der Waals surface area contributed by atoms with Gasteiger partial charge in [0.25, 0.3) is 5.56 Å². The average molecular weight is 419 g/mol. The Hall–Kier alpha value is -3.32. The molecule has 0 aliphatic carbocycles. The van der Waals surface area contributed by atoms with Crippen molar-refractivity contribution in [1.82, 2.24) is 19.2 Å². The quantitative estimate of drug-likeness (QED) is 0.466. The molecule has 0 radical (unpaired) electrons. The summed E-state index contributed by atoms with van der Waals surface area (Å²) in [6.45, 7) is 2.54. The van der Waals surface area contributed by atoms with E-state index < -0.39 is 0 Å². The molecule has 0 aliphatic rings. The van der Waals surface area contributed by atoms with Crippen LogP contribution in [0.4, 0.5) is 0 Å². The van der Waals surface area contributed by atoms with Crippen LogP contribution < -0.4 is 10.9 Å². The molecule has 2 aromatic carbocycles. The minimum Gasteiger partial charge on any atom is -0.355 e. The lowest BCUT2D eigenvalue weighted by atomic mass is 10.1. The van der Waals surface area contributed by atoms with E-state index >= 15 is 0 Å². The summed E-state index contributed by atoms with van der Waals surface area (Å²) in [6.07, 6.45) is 3.17. The van der Waals surface area contributed by atoms with Crippen LogP contribution in [0.2, 0.25) is 0 Å². The lowest BCUT2D eigenvalue weighted by molar-refractivity contribution is -0.121. The fourth-order valence-electron chi connectivity index (χ4n) is 3.24. The van der Waals surface area contributed by atoms with Gasteiger partial charge >= 0.3 is 0 Å². The second-order valence-corrected chi connectivity index (χ2v) is 7.97. The first-order chi connectivity index (χ1) is 14.6. The molecule has 1 amide bonds. The van der Waals surface area contributed by atoms with E-state index in [1.54, 1.807) is 0 Å². The zero-order valence-corrected chi connectivity index (χ0v) is 17.5. The van der Waals surface area contributed by atoms with Crippen molar-refractivity contribution < 1.29 is 4.79 Å². The Kier molecular flexibility index (Phi) is 5.99. The molecule has 4 rings (SSSR count). The molecule has 0 atom stereocenters. The second kappa shape index (κ2) is 9.00. The molecule has 0 fully saturated rings. The highest BCUT2D eigenvalue weighted by Gasteiger charge is 2.15. The van der Waals surface area contributed by atoms with Gasteiger partial charge in [0.1, 0.15) is 22.5 Å². The Morgan fingerprint density at radius 2 is 1.87 bits per heavy atom. The number of amides is 1. The summed E-state index contributed by atoms with van der Waals surface area (Å²) >= 11 is 1.12. The van der Waals surface area contributed by atoms with E-state index in [4.69, 9.17) is 0 Å². The standard InChI is InChI=1S/C23H22N4O2S/c1-16-9-11-18(12-10-16)20-21-22(30-26-20)23(29)27(15-25-21)14-19(28)24-13-5-8-17-6-3-2-4-7-17/h2-4,6-7,9-12,15H,5,8,13-14H2,1H3,(H,24,28). The van der Waals surface area contributed by atoms with Crippen molar-refractivity contribution in [3.8, 4) is 11.3 Å². The van der Waals surface area contributed by atoms with Crippen LogP contribution in [-0.2, 0) is 17.8 Å². The summed E-state index contributed by atoms with van der Waals surface area (Å²) in [5.74, 6) is -0.199. The Morgan fingerprint density at radius 1 is 1.10 bits per heavy atom. The highest BCUT2D eigenvalue weighted by molar-refractivity contribution is 7.13. The maximum atomic E-state index is 12.8. The SMILES string of the molecule is Cc1ccc(-c2nsc3c(=O)n(CC(=O)NCCCc4ccccc4)cnc23)cc1. The molecule has 0 bridgehead atoms. The number of carbonyl (C=O) groups is 1. The van der Waals surface area contributed by atoms with Crippen molar-refractivity contribution in [3.63, 3.8) is 0 Å². The van der Waals surface area contributed by atoms with E-state index in [9.17, 15) is 9.59 Å². The second-order valence-electron chi connectivity index (χ2n) is 7.19. The fourth-order valence-corrected chi connectivity index (χ4v) is 4.05. The van der Waals surface area contributed by atoms with Gasteiger partial charge in [-0.15, -0.1) is 0 Å². The van der Waals surface area contributed by atoms with E-state index in [2.05, 4.69) is 26.8 Å². The molecule has 4 aromatic rings. The van der Waals surface area contributed by atoms with E-state index in [-0.39, 0.29) is 18.0 Å². The molecule has 0 unspecified atom stereocenters. The topological polar surface area (TPSA) is 76.9 Å². The van der Waals surface area contributed by atoms with Gasteiger partial charge in [-0.05, 0) is 36.9 Å².